The number of nitrogens with zero attached hydrogens (tertiary/aromatic N) is 1. The molecule has 0 heterocycles. The number of hydrogen-bond acceptors (Lipinski definition) is 12. The third-order valence-corrected chi connectivity index (χ3v) is 9.48. The number of carboxylic acid groups (broad SMARTS) is 2. The molecule has 19 heteroatoms. The lowest BCUT2D eigenvalue weighted by atomic mass is 10.0. The molecule has 0 aromatic heterocycles. The van der Waals surface area contributed by atoms with Gasteiger partial charge in [-0.2, -0.15) is 0 Å². The van der Waals surface area contributed by atoms with Gasteiger partial charge in [0, 0.05) is 12.5 Å². The molecule has 4 amide bonds. The van der Waals surface area contributed by atoms with Gasteiger partial charge < -0.3 is 41.3 Å². The molecular weight excluding hydrogens is 774 g/mol. The molecule has 3 aromatic carbocycles. The summed E-state index contributed by atoms with van der Waals surface area (Å²) in [5.41, 5.74) is 0.568. The normalized spacial score (nSPS) is 14.0. The Balaban J connectivity index is 1.49. The molecule has 1 saturated carbocycles. The first-order chi connectivity index (χ1) is 27.8. The van der Waals surface area contributed by atoms with E-state index in [1.165, 1.54) is 6.07 Å². The number of esters is 1. The Kier molecular flexibility index (Phi) is 14.6. The molecule has 1 fully saturated rings. The Morgan fingerprint density at radius 2 is 1.37 bits per heavy atom. The van der Waals surface area contributed by atoms with Crippen LogP contribution in [0.25, 0.3) is 0 Å². The fourth-order valence-electron chi connectivity index (χ4n) is 6.10. The van der Waals surface area contributed by atoms with Gasteiger partial charge >= 0.3 is 23.6 Å². The molecule has 3 atom stereocenters. The van der Waals surface area contributed by atoms with Crippen LogP contribution < -0.4 is 21.3 Å². The Morgan fingerprint density at radius 1 is 0.780 bits per heavy atom. The number of ketones is 1. The molecule has 7 N–H and O–H groups in total. The van der Waals surface area contributed by atoms with Crippen LogP contribution in [0.4, 0.5) is 5.69 Å². The summed E-state index contributed by atoms with van der Waals surface area (Å²) in [6.45, 7) is 4.30. The van der Waals surface area contributed by atoms with Crippen molar-refractivity contribution in [2.45, 2.75) is 83.0 Å². The number of phenolic OH excluding ortho intramolecular Hbond substituents is 1. The number of Topliss-reactive ketones (excluding diaryl/α,β-unsaturated/α-hetero) is 1. The van der Waals surface area contributed by atoms with Crippen molar-refractivity contribution in [1.29, 1.82) is 0 Å². The number of nitro benzene ring substituents is 1. The number of hydrogen-bond donors (Lipinski definition) is 7. The highest BCUT2D eigenvalue weighted by Gasteiger charge is 2.53. The number of ether oxygens (including phenoxy) is 1. The smallest absolute Gasteiger partial charge is 0.339 e. The number of aryl methyl sites for hydroxylation is 3. The lowest BCUT2D eigenvalue weighted by molar-refractivity contribution is -0.385. The van der Waals surface area contributed by atoms with Crippen LogP contribution in [0, 0.1) is 30.9 Å². The van der Waals surface area contributed by atoms with Crippen molar-refractivity contribution in [1.82, 2.24) is 21.3 Å². The lowest BCUT2D eigenvalue weighted by Gasteiger charge is -2.26. The van der Waals surface area contributed by atoms with Crippen molar-refractivity contribution in [3.05, 3.63) is 104 Å². The molecule has 0 bridgehead atoms. The first-order valence-corrected chi connectivity index (χ1v) is 18.2. The second kappa shape index (κ2) is 19.3. The van der Waals surface area contributed by atoms with Gasteiger partial charge in [-0.05, 0) is 61.9 Å². The number of carbonyl (C=O) groups is 8. The van der Waals surface area contributed by atoms with E-state index in [0.717, 1.165) is 17.7 Å². The van der Waals surface area contributed by atoms with E-state index >= 15 is 0 Å². The molecular formula is C40H43N5O14. The highest BCUT2D eigenvalue weighted by Crippen LogP contribution is 2.36. The topological polar surface area (TPSA) is 298 Å². The molecule has 3 aromatic rings. The Bertz CT molecular complexity index is 2150. The van der Waals surface area contributed by atoms with Gasteiger partial charge in [-0.15, -0.1) is 0 Å². The van der Waals surface area contributed by atoms with Crippen LogP contribution in [-0.2, 0) is 51.1 Å². The summed E-state index contributed by atoms with van der Waals surface area (Å²) < 4.78 is 5.17. The first kappa shape index (κ1) is 44.5. The minimum Gasteiger partial charge on any atom is -0.502 e. The fourth-order valence-corrected chi connectivity index (χ4v) is 6.10. The van der Waals surface area contributed by atoms with Crippen LogP contribution in [-0.4, -0.2) is 97.8 Å². The number of nitro groups is 1. The van der Waals surface area contributed by atoms with E-state index < -0.39 is 113 Å². The Labute approximate surface area is 336 Å². The molecule has 19 nitrogen and oxygen atoms in total. The number of amides is 4. The Morgan fingerprint density at radius 3 is 1.95 bits per heavy atom. The molecule has 0 saturated heterocycles. The second-order valence-corrected chi connectivity index (χ2v) is 14.2. The second-order valence-electron chi connectivity index (χ2n) is 14.2. The molecule has 59 heavy (non-hydrogen) atoms. The molecule has 0 unspecified atom stereocenters. The number of aliphatic carboxylic acids is 2. The van der Waals surface area contributed by atoms with Crippen LogP contribution in [0.15, 0.2) is 60.7 Å². The third-order valence-electron chi connectivity index (χ3n) is 9.48. The van der Waals surface area contributed by atoms with Crippen molar-refractivity contribution >= 4 is 53.0 Å². The molecule has 312 valence electrons. The maximum atomic E-state index is 13.9. The van der Waals surface area contributed by atoms with Crippen LogP contribution in [0.1, 0.15) is 63.9 Å². The van der Waals surface area contributed by atoms with Gasteiger partial charge in [-0.1, -0.05) is 54.1 Å². The van der Waals surface area contributed by atoms with Gasteiger partial charge in [-0.25, -0.2) is 4.79 Å². The summed E-state index contributed by atoms with van der Waals surface area (Å²) >= 11 is 0. The van der Waals surface area contributed by atoms with Crippen molar-refractivity contribution < 1.29 is 63.3 Å². The summed E-state index contributed by atoms with van der Waals surface area (Å²) in [5.74, 6) is -9.18. The third kappa shape index (κ3) is 12.4. The molecule has 1 aliphatic rings. The average molecular weight is 818 g/mol. The van der Waals surface area contributed by atoms with Crippen LogP contribution >= 0.6 is 0 Å². The van der Waals surface area contributed by atoms with E-state index in [9.17, 15) is 63.8 Å². The maximum Gasteiger partial charge on any atom is 0.339 e. The molecule has 0 aliphatic heterocycles. The van der Waals surface area contributed by atoms with E-state index in [0.29, 0.717) is 16.7 Å². The summed E-state index contributed by atoms with van der Waals surface area (Å²) in [5, 5.41) is 49.6. The van der Waals surface area contributed by atoms with Crippen LogP contribution in [0.3, 0.4) is 0 Å². The largest absolute Gasteiger partial charge is 0.502 e. The van der Waals surface area contributed by atoms with Crippen molar-refractivity contribution in [2.75, 3.05) is 6.61 Å². The van der Waals surface area contributed by atoms with Gasteiger partial charge in [0.25, 0.3) is 0 Å². The van der Waals surface area contributed by atoms with Crippen LogP contribution in [0.2, 0.25) is 0 Å². The van der Waals surface area contributed by atoms with Gasteiger partial charge in [0.05, 0.1) is 29.7 Å². The summed E-state index contributed by atoms with van der Waals surface area (Å²) in [6, 6.07) is 10.2. The summed E-state index contributed by atoms with van der Waals surface area (Å²) in [4.78, 5) is 114. The van der Waals surface area contributed by atoms with Gasteiger partial charge in [0.1, 0.15) is 23.7 Å². The minimum atomic E-state index is -1.75. The zero-order chi connectivity index (χ0) is 43.6. The van der Waals surface area contributed by atoms with E-state index in [1.807, 2.05) is 6.92 Å². The minimum absolute atomic E-state index is 0.0540. The van der Waals surface area contributed by atoms with Crippen molar-refractivity contribution in [3.8, 4) is 5.75 Å². The zero-order valence-electron chi connectivity index (χ0n) is 32.2. The van der Waals surface area contributed by atoms with Crippen molar-refractivity contribution in [2.24, 2.45) is 0 Å². The van der Waals surface area contributed by atoms with E-state index in [4.69, 9.17) is 4.74 Å². The quantitative estimate of drug-likeness (QED) is 0.0483. The van der Waals surface area contributed by atoms with Gasteiger partial charge in [0.15, 0.2) is 18.1 Å². The van der Waals surface area contributed by atoms with E-state index in [-0.39, 0.29) is 30.4 Å². The highest BCUT2D eigenvalue weighted by molar-refractivity contribution is 6.01. The van der Waals surface area contributed by atoms with Gasteiger partial charge in [0.2, 0.25) is 23.6 Å². The van der Waals surface area contributed by atoms with Crippen molar-refractivity contribution in [3.63, 3.8) is 0 Å². The number of carbonyl (C=O) groups excluding carboxylic acids is 6. The summed E-state index contributed by atoms with van der Waals surface area (Å²) in [7, 11) is 0. The van der Waals surface area contributed by atoms with E-state index in [2.05, 4.69) is 21.3 Å². The number of aromatic hydroxyl groups is 1. The number of phenols is 1. The number of benzene rings is 3. The predicted molar refractivity (Wildman–Crippen MR) is 205 cm³/mol. The average Bonchev–Trinajstić information content (AvgIpc) is 3.94. The van der Waals surface area contributed by atoms with Gasteiger partial charge in [-0.3, -0.25) is 43.7 Å². The Hall–Kier alpha value is -7.18. The van der Waals surface area contributed by atoms with E-state index in [1.54, 1.807) is 56.3 Å². The number of rotatable bonds is 20. The molecule has 1 aliphatic carbocycles. The van der Waals surface area contributed by atoms with Crippen LogP contribution in [0.5, 0.6) is 5.75 Å². The zero-order valence-corrected chi connectivity index (χ0v) is 32.2. The number of carboxylic acids is 2. The standard InChI is InChI=1S/C40H43N5O14/c1-21-7-9-24(10-8-21)15-27(42-36(53)28(19-34(51)52)41-32(48)17-25-11-12-30(46)29(16-25)45(57)58)37(54)44-40(13-14-40)39(56)43-26(18-33(49)50)31(47)20-59-38(55)35-22(2)5-4-6-23(35)3/h4-12,16,26-28,46H,13-15,17-20H2,1-3H3,(H,41,48)(H,42,53)(H,43,56)(H,44,54)(H,49,50)(H,51,52)/t26-,27-,28-/m0/s1. The maximum absolute atomic E-state index is 13.9. The lowest BCUT2D eigenvalue weighted by Crippen LogP contribution is -2.59. The molecule has 0 radical (unpaired) electrons. The fraction of sp³-hybridized carbons (Fsp3) is 0.350. The highest BCUT2D eigenvalue weighted by atomic mass is 16.6. The predicted octanol–water partition coefficient (Wildman–Crippen LogP) is 1.49. The molecule has 0 spiro atoms. The number of nitrogens with one attached hydrogen (secondary N) is 4. The first-order valence-electron chi connectivity index (χ1n) is 18.2. The SMILES string of the molecule is Cc1ccc(C[C@H](NC(=O)[C@H](CC(=O)O)NC(=O)Cc2ccc(O)c([N+](=O)[O-])c2)C(=O)NC2(C(=O)N[C@@H](CC(=O)O)C(=O)COC(=O)c3c(C)cccc3C)CC2)cc1. The summed E-state index contributed by atoms with van der Waals surface area (Å²) in [6.07, 6.45) is -2.42. The monoisotopic (exact) mass is 817 g/mol. The molecule has 4 rings (SSSR count).